The van der Waals surface area contributed by atoms with Gasteiger partial charge in [0.1, 0.15) is 0 Å². The maximum atomic E-state index is 5.62. The molecule has 0 aromatic carbocycles. The average Bonchev–Trinajstić information content (AvgIpc) is 2.37. The van der Waals surface area contributed by atoms with E-state index >= 15 is 0 Å². The molecule has 1 rings (SSSR count). The fourth-order valence-corrected chi connectivity index (χ4v) is 2.42. The normalized spacial score (nSPS) is 18.7. The molecule has 1 aliphatic heterocycles. The molecule has 1 aliphatic rings. The topological polar surface area (TPSA) is 24.5 Å². The minimum absolute atomic E-state index is 0.658. The van der Waals surface area contributed by atoms with Gasteiger partial charge in [0.25, 0.3) is 0 Å². The highest BCUT2D eigenvalue weighted by atomic mass is 16.5. The SMILES string of the molecule is CCCNC1CCN(CCCOCC(C)C)CC1. The molecule has 0 spiro atoms. The van der Waals surface area contributed by atoms with E-state index in [0.29, 0.717) is 5.92 Å². The fraction of sp³-hybridized carbons (Fsp3) is 1.00. The predicted octanol–water partition coefficient (Wildman–Crippen LogP) is 2.51. The van der Waals surface area contributed by atoms with Gasteiger partial charge in [0.2, 0.25) is 0 Å². The standard InChI is InChI=1S/C15H32N2O/c1-4-8-16-15-6-10-17(11-7-15)9-5-12-18-13-14(2)3/h14-16H,4-13H2,1-3H3. The van der Waals surface area contributed by atoms with Gasteiger partial charge >= 0.3 is 0 Å². The number of hydrogen-bond acceptors (Lipinski definition) is 3. The van der Waals surface area contributed by atoms with Crippen LogP contribution in [-0.2, 0) is 4.74 Å². The number of hydrogen-bond donors (Lipinski definition) is 1. The van der Waals surface area contributed by atoms with Crippen LogP contribution in [-0.4, -0.2) is 50.3 Å². The summed E-state index contributed by atoms with van der Waals surface area (Å²) >= 11 is 0. The number of rotatable bonds is 9. The van der Waals surface area contributed by atoms with E-state index in [-0.39, 0.29) is 0 Å². The van der Waals surface area contributed by atoms with Crippen LogP contribution in [0.5, 0.6) is 0 Å². The van der Waals surface area contributed by atoms with Crippen LogP contribution >= 0.6 is 0 Å². The van der Waals surface area contributed by atoms with Gasteiger partial charge in [-0.2, -0.15) is 0 Å². The van der Waals surface area contributed by atoms with Crippen LogP contribution in [0.2, 0.25) is 0 Å². The summed E-state index contributed by atoms with van der Waals surface area (Å²) in [6.45, 7) is 13.4. The van der Waals surface area contributed by atoms with E-state index < -0.39 is 0 Å². The Morgan fingerprint density at radius 1 is 1.28 bits per heavy atom. The van der Waals surface area contributed by atoms with Crippen molar-refractivity contribution in [3.8, 4) is 0 Å². The molecule has 0 atom stereocenters. The molecule has 1 N–H and O–H groups in total. The molecule has 1 fully saturated rings. The molecule has 0 aliphatic carbocycles. The largest absolute Gasteiger partial charge is 0.381 e. The van der Waals surface area contributed by atoms with Gasteiger partial charge in [0, 0.05) is 25.8 Å². The Morgan fingerprint density at radius 2 is 2.00 bits per heavy atom. The molecule has 1 saturated heterocycles. The van der Waals surface area contributed by atoms with Crippen LogP contribution in [0.3, 0.4) is 0 Å². The summed E-state index contributed by atoms with van der Waals surface area (Å²) in [6, 6.07) is 0.762. The predicted molar refractivity (Wildman–Crippen MR) is 78.0 cm³/mol. The molecule has 3 heteroatoms. The maximum absolute atomic E-state index is 5.62. The molecule has 0 aromatic heterocycles. The number of nitrogens with zero attached hydrogens (tertiary/aromatic N) is 1. The van der Waals surface area contributed by atoms with Crippen LogP contribution in [0.1, 0.15) is 46.5 Å². The summed E-state index contributed by atoms with van der Waals surface area (Å²) in [6.07, 6.45) is 5.05. The maximum Gasteiger partial charge on any atom is 0.0489 e. The Morgan fingerprint density at radius 3 is 2.61 bits per heavy atom. The van der Waals surface area contributed by atoms with Crippen molar-refractivity contribution in [1.29, 1.82) is 0 Å². The Hall–Kier alpha value is -0.120. The van der Waals surface area contributed by atoms with E-state index in [1.54, 1.807) is 0 Å². The van der Waals surface area contributed by atoms with E-state index in [2.05, 4.69) is 31.0 Å². The molecular weight excluding hydrogens is 224 g/mol. The monoisotopic (exact) mass is 256 g/mol. The lowest BCUT2D eigenvalue weighted by molar-refractivity contribution is 0.0951. The third-order valence-corrected chi connectivity index (χ3v) is 3.48. The summed E-state index contributed by atoms with van der Waals surface area (Å²) in [4.78, 5) is 2.59. The Balaban J connectivity index is 1.95. The first-order valence-electron chi connectivity index (χ1n) is 7.75. The number of nitrogens with one attached hydrogen (secondary N) is 1. The molecule has 1 heterocycles. The average molecular weight is 256 g/mol. The van der Waals surface area contributed by atoms with Crippen molar-refractivity contribution in [3.05, 3.63) is 0 Å². The molecule has 0 saturated carbocycles. The molecule has 0 amide bonds. The van der Waals surface area contributed by atoms with Gasteiger partial charge < -0.3 is 15.0 Å². The van der Waals surface area contributed by atoms with Crippen molar-refractivity contribution in [2.75, 3.05) is 39.4 Å². The van der Waals surface area contributed by atoms with Gasteiger partial charge in [-0.3, -0.25) is 0 Å². The Bertz CT molecular complexity index is 189. The van der Waals surface area contributed by atoms with E-state index in [1.165, 1.54) is 51.9 Å². The first-order valence-corrected chi connectivity index (χ1v) is 7.75. The van der Waals surface area contributed by atoms with Crippen molar-refractivity contribution < 1.29 is 4.74 Å². The van der Waals surface area contributed by atoms with Crippen LogP contribution < -0.4 is 5.32 Å². The minimum Gasteiger partial charge on any atom is -0.381 e. The van der Waals surface area contributed by atoms with E-state index in [9.17, 15) is 0 Å². The van der Waals surface area contributed by atoms with Crippen LogP contribution in [0.25, 0.3) is 0 Å². The third-order valence-electron chi connectivity index (χ3n) is 3.48. The van der Waals surface area contributed by atoms with Gasteiger partial charge in [-0.15, -0.1) is 0 Å². The molecular formula is C15H32N2O. The van der Waals surface area contributed by atoms with E-state index in [0.717, 1.165) is 19.3 Å². The van der Waals surface area contributed by atoms with Crippen molar-refractivity contribution in [1.82, 2.24) is 10.2 Å². The lowest BCUT2D eigenvalue weighted by atomic mass is 10.0. The molecule has 0 aromatic rings. The summed E-state index contributed by atoms with van der Waals surface area (Å²) in [5.74, 6) is 0.658. The first kappa shape index (κ1) is 15.9. The molecule has 3 nitrogen and oxygen atoms in total. The zero-order valence-electron chi connectivity index (χ0n) is 12.6. The van der Waals surface area contributed by atoms with Crippen molar-refractivity contribution >= 4 is 0 Å². The van der Waals surface area contributed by atoms with Gasteiger partial charge in [0.05, 0.1) is 0 Å². The first-order chi connectivity index (χ1) is 8.72. The number of likely N-dealkylation sites (tertiary alicyclic amines) is 1. The molecule has 0 unspecified atom stereocenters. The second kappa shape index (κ2) is 9.76. The highest BCUT2D eigenvalue weighted by Crippen LogP contribution is 2.10. The lowest BCUT2D eigenvalue weighted by Gasteiger charge is -2.32. The fourth-order valence-electron chi connectivity index (χ4n) is 2.42. The van der Waals surface area contributed by atoms with Crippen molar-refractivity contribution in [2.45, 2.75) is 52.5 Å². The van der Waals surface area contributed by atoms with Gasteiger partial charge in [-0.05, 0) is 51.2 Å². The molecule has 0 bridgehead atoms. The molecule has 18 heavy (non-hydrogen) atoms. The molecule has 0 radical (unpaired) electrons. The van der Waals surface area contributed by atoms with Gasteiger partial charge in [-0.25, -0.2) is 0 Å². The number of ether oxygens (including phenoxy) is 1. The second-order valence-corrected chi connectivity index (χ2v) is 5.89. The highest BCUT2D eigenvalue weighted by molar-refractivity contribution is 4.76. The van der Waals surface area contributed by atoms with Crippen LogP contribution in [0, 0.1) is 5.92 Å². The second-order valence-electron chi connectivity index (χ2n) is 5.89. The number of piperidine rings is 1. The van der Waals surface area contributed by atoms with Gasteiger partial charge in [-0.1, -0.05) is 20.8 Å². The van der Waals surface area contributed by atoms with Gasteiger partial charge in [0.15, 0.2) is 0 Å². The summed E-state index contributed by atoms with van der Waals surface area (Å²) in [5.41, 5.74) is 0. The quantitative estimate of drug-likeness (QED) is 0.642. The van der Waals surface area contributed by atoms with Crippen molar-refractivity contribution in [3.63, 3.8) is 0 Å². The van der Waals surface area contributed by atoms with E-state index in [1.807, 2.05) is 0 Å². The van der Waals surface area contributed by atoms with Crippen LogP contribution in [0.4, 0.5) is 0 Å². The summed E-state index contributed by atoms with van der Waals surface area (Å²) < 4.78 is 5.62. The highest BCUT2D eigenvalue weighted by Gasteiger charge is 2.17. The Kier molecular flexibility index (Phi) is 8.64. The zero-order chi connectivity index (χ0) is 13.2. The van der Waals surface area contributed by atoms with Crippen molar-refractivity contribution in [2.24, 2.45) is 5.92 Å². The summed E-state index contributed by atoms with van der Waals surface area (Å²) in [7, 11) is 0. The third kappa shape index (κ3) is 7.34. The lowest BCUT2D eigenvalue weighted by Crippen LogP contribution is -2.43. The Labute approximate surface area is 113 Å². The smallest absolute Gasteiger partial charge is 0.0489 e. The minimum atomic E-state index is 0.658. The van der Waals surface area contributed by atoms with E-state index in [4.69, 9.17) is 4.74 Å². The molecule has 108 valence electrons. The zero-order valence-corrected chi connectivity index (χ0v) is 12.6. The summed E-state index contributed by atoms with van der Waals surface area (Å²) in [5, 5.41) is 3.63. The van der Waals surface area contributed by atoms with Crippen LogP contribution in [0.15, 0.2) is 0 Å².